The molecule has 0 spiro atoms. The molecule has 2 aliphatic rings. The molecule has 6 nitrogen and oxygen atoms in total. The van der Waals surface area contributed by atoms with Crippen molar-refractivity contribution in [3.05, 3.63) is 30.1 Å². The molecule has 1 unspecified atom stereocenters. The summed E-state index contributed by atoms with van der Waals surface area (Å²) in [7, 11) is 0. The van der Waals surface area contributed by atoms with E-state index in [0.29, 0.717) is 19.5 Å². The van der Waals surface area contributed by atoms with Gasteiger partial charge in [-0.3, -0.25) is 14.6 Å². The van der Waals surface area contributed by atoms with Crippen molar-refractivity contribution in [3.8, 4) is 0 Å². The summed E-state index contributed by atoms with van der Waals surface area (Å²) in [6.07, 6.45) is 6.75. The second-order valence-electron chi connectivity index (χ2n) is 6.26. The fourth-order valence-corrected chi connectivity index (χ4v) is 3.40. The summed E-state index contributed by atoms with van der Waals surface area (Å²) >= 11 is 0. The molecule has 3 rings (SSSR count). The van der Waals surface area contributed by atoms with E-state index >= 15 is 0 Å². The number of piperidine rings is 1. The third kappa shape index (κ3) is 5.83. The molecule has 2 saturated heterocycles. The SMILES string of the molecule is Cl.Cl.O=C(CCc1ccncc1)N1CCCC(N2CCNCC2=O)C1. The third-order valence-electron chi connectivity index (χ3n) is 4.69. The Kier molecular flexibility index (Phi) is 9.17. The molecule has 140 valence electrons. The van der Waals surface area contributed by atoms with Gasteiger partial charge >= 0.3 is 0 Å². The standard InChI is InChI=1S/C17H24N4O2.2ClH/c22-16(4-3-14-5-7-18-8-6-14)20-10-1-2-15(13-20)21-11-9-19-12-17(21)23;;/h5-8,15,19H,1-4,9-13H2;2*1H. The molecule has 0 saturated carbocycles. The van der Waals surface area contributed by atoms with E-state index in [-0.39, 0.29) is 42.7 Å². The number of halogens is 2. The van der Waals surface area contributed by atoms with Crippen LogP contribution in [0.2, 0.25) is 0 Å². The van der Waals surface area contributed by atoms with Gasteiger partial charge in [0.15, 0.2) is 0 Å². The summed E-state index contributed by atoms with van der Waals surface area (Å²) in [6, 6.07) is 4.08. The summed E-state index contributed by atoms with van der Waals surface area (Å²) in [5.74, 6) is 0.349. The molecule has 0 radical (unpaired) electrons. The van der Waals surface area contributed by atoms with Gasteiger partial charge in [-0.25, -0.2) is 0 Å². The minimum atomic E-state index is 0. The molecule has 25 heavy (non-hydrogen) atoms. The monoisotopic (exact) mass is 388 g/mol. The number of carbonyl (C=O) groups excluding carboxylic acids is 2. The molecule has 1 atom stereocenters. The van der Waals surface area contributed by atoms with Crippen LogP contribution in [0.3, 0.4) is 0 Å². The number of carbonyl (C=O) groups is 2. The van der Waals surface area contributed by atoms with Crippen molar-refractivity contribution in [1.82, 2.24) is 20.1 Å². The fourth-order valence-electron chi connectivity index (χ4n) is 3.40. The van der Waals surface area contributed by atoms with Crippen LogP contribution in [0.5, 0.6) is 0 Å². The zero-order valence-corrected chi connectivity index (χ0v) is 15.9. The van der Waals surface area contributed by atoms with Crippen LogP contribution in [0, 0.1) is 0 Å². The second-order valence-corrected chi connectivity index (χ2v) is 6.26. The molecule has 0 aliphatic carbocycles. The molecule has 0 bridgehead atoms. The first-order valence-corrected chi connectivity index (χ1v) is 8.41. The van der Waals surface area contributed by atoms with Gasteiger partial charge < -0.3 is 15.1 Å². The molecule has 2 aliphatic heterocycles. The first-order valence-electron chi connectivity index (χ1n) is 8.41. The molecular formula is C17H26Cl2N4O2. The number of aromatic nitrogens is 1. The fraction of sp³-hybridized carbons (Fsp3) is 0.588. The van der Waals surface area contributed by atoms with E-state index in [1.807, 2.05) is 21.9 Å². The summed E-state index contributed by atoms with van der Waals surface area (Å²) in [5, 5.41) is 3.10. The van der Waals surface area contributed by atoms with Gasteiger partial charge in [0, 0.05) is 51.0 Å². The van der Waals surface area contributed by atoms with Crippen LogP contribution in [0.15, 0.2) is 24.5 Å². The number of likely N-dealkylation sites (tertiary alicyclic amines) is 1. The van der Waals surface area contributed by atoms with Crippen molar-refractivity contribution in [1.29, 1.82) is 0 Å². The van der Waals surface area contributed by atoms with Crippen LogP contribution in [-0.4, -0.2) is 65.4 Å². The van der Waals surface area contributed by atoms with E-state index in [4.69, 9.17) is 0 Å². The highest BCUT2D eigenvalue weighted by Crippen LogP contribution is 2.18. The van der Waals surface area contributed by atoms with Gasteiger partial charge in [0.25, 0.3) is 0 Å². The summed E-state index contributed by atoms with van der Waals surface area (Å²) in [4.78, 5) is 32.4. The Bertz CT molecular complexity index is 559. The molecule has 0 aromatic carbocycles. The molecule has 8 heteroatoms. The Morgan fingerprint density at radius 2 is 2.00 bits per heavy atom. The van der Waals surface area contributed by atoms with E-state index in [9.17, 15) is 9.59 Å². The largest absolute Gasteiger partial charge is 0.341 e. The Labute approximate surface area is 161 Å². The van der Waals surface area contributed by atoms with Gasteiger partial charge in [0.1, 0.15) is 0 Å². The first kappa shape index (κ1) is 21.7. The number of piperazine rings is 1. The third-order valence-corrected chi connectivity index (χ3v) is 4.69. The molecule has 1 N–H and O–H groups in total. The predicted octanol–water partition coefficient (Wildman–Crippen LogP) is 1.28. The quantitative estimate of drug-likeness (QED) is 0.843. The first-order chi connectivity index (χ1) is 11.2. The number of pyridine rings is 1. The highest BCUT2D eigenvalue weighted by atomic mass is 35.5. The summed E-state index contributed by atoms with van der Waals surface area (Å²) in [6.45, 7) is 3.51. The zero-order valence-electron chi connectivity index (χ0n) is 14.2. The second kappa shape index (κ2) is 10.6. The number of nitrogens with one attached hydrogen (secondary N) is 1. The maximum atomic E-state index is 12.5. The van der Waals surface area contributed by atoms with E-state index in [2.05, 4.69) is 10.3 Å². The van der Waals surface area contributed by atoms with Crippen molar-refractivity contribution in [2.24, 2.45) is 0 Å². The van der Waals surface area contributed by atoms with Gasteiger partial charge in [0.05, 0.1) is 6.54 Å². The molecule has 2 amide bonds. The lowest BCUT2D eigenvalue weighted by Gasteiger charge is -2.41. The Balaban J connectivity index is 0.00000156. The van der Waals surface area contributed by atoms with E-state index < -0.39 is 0 Å². The summed E-state index contributed by atoms with van der Waals surface area (Å²) in [5.41, 5.74) is 1.14. The lowest BCUT2D eigenvalue weighted by Crippen LogP contribution is -2.57. The lowest BCUT2D eigenvalue weighted by atomic mass is 10.0. The van der Waals surface area contributed by atoms with Gasteiger partial charge in [-0.2, -0.15) is 0 Å². The summed E-state index contributed by atoms with van der Waals surface area (Å²) < 4.78 is 0. The maximum absolute atomic E-state index is 12.5. The van der Waals surface area contributed by atoms with Crippen LogP contribution in [0.1, 0.15) is 24.8 Å². The number of hydrogen-bond donors (Lipinski definition) is 1. The van der Waals surface area contributed by atoms with Crippen molar-refractivity contribution in [3.63, 3.8) is 0 Å². The van der Waals surface area contributed by atoms with Gasteiger partial charge in [-0.05, 0) is 37.0 Å². The van der Waals surface area contributed by atoms with Crippen molar-refractivity contribution >= 4 is 36.6 Å². The zero-order chi connectivity index (χ0) is 16.1. The van der Waals surface area contributed by atoms with Crippen LogP contribution < -0.4 is 5.32 Å². The van der Waals surface area contributed by atoms with Gasteiger partial charge in [-0.1, -0.05) is 0 Å². The Morgan fingerprint density at radius 1 is 1.24 bits per heavy atom. The van der Waals surface area contributed by atoms with Crippen LogP contribution in [0.4, 0.5) is 0 Å². The van der Waals surface area contributed by atoms with Gasteiger partial charge in [0.2, 0.25) is 11.8 Å². The minimum Gasteiger partial charge on any atom is -0.341 e. The Hall–Kier alpha value is -1.37. The topological polar surface area (TPSA) is 65.5 Å². The number of amides is 2. The lowest BCUT2D eigenvalue weighted by molar-refractivity contribution is -0.140. The molecule has 2 fully saturated rings. The van der Waals surface area contributed by atoms with Crippen molar-refractivity contribution < 1.29 is 9.59 Å². The number of rotatable bonds is 4. The highest BCUT2D eigenvalue weighted by Gasteiger charge is 2.31. The minimum absolute atomic E-state index is 0. The van der Waals surface area contributed by atoms with Crippen molar-refractivity contribution in [2.75, 3.05) is 32.7 Å². The molecule has 1 aromatic heterocycles. The molecule has 3 heterocycles. The van der Waals surface area contributed by atoms with E-state index in [1.54, 1.807) is 12.4 Å². The average molecular weight is 389 g/mol. The van der Waals surface area contributed by atoms with Crippen LogP contribution >= 0.6 is 24.8 Å². The smallest absolute Gasteiger partial charge is 0.236 e. The predicted molar refractivity (Wildman–Crippen MR) is 101 cm³/mol. The van der Waals surface area contributed by atoms with Gasteiger partial charge in [-0.15, -0.1) is 24.8 Å². The number of hydrogen-bond acceptors (Lipinski definition) is 4. The van der Waals surface area contributed by atoms with E-state index in [0.717, 1.165) is 44.5 Å². The number of nitrogens with zero attached hydrogens (tertiary/aromatic N) is 3. The molecular weight excluding hydrogens is 363 g/mol. The van der Waals surface area contributed by atoms with Crippen molar-refractivity contribution in [2.45, 2.75) is 31.7 Å². The van der Waals surface area contributed by atoms with Crippen LogP contribution in [-0.2, 0) is 16.0 Å². The van der Waals surface area contributed by atoms with E-state index in [1.165, 1.54) is 0 Å². The maximum Gasteiger partial charge on any atom is 0.236 e. The average Bonchev–Trinajstić information content (AvgIpc) is 2.61. The highest BCUT2D eigenvalue weighted by molar-refractivity contribution is 5.85. The Morgan fingerprint density at radius 3 is 2.72 bits per heavy atom. The van der Waals surface area contributed by atoms with Crippen LogP contribution in [0.25, 0.3) is 0 Å². The molecule has 1 aromatic rings. The number of aryl methyl sites for hydroxylation is 1. The normalized spacial score (nSPS) is 20.5.